The fourth-order valence-corrected chi connectivity index (χ4v) is 3.10. The van der Waals surface area contributed by atoms with E-state index in [1.165, 1.54) is 14.2 Å². The predicted octanol–water partition coefficient (Wildman–Crippen LogP) is 4.97. The van der Waals surface area contributed by atoms with Crippen LogP contribution in [0.4, 0.5) is 0 Å². The highest BCUT2D eigenvalue weighted by Crippen LogP contribution is 2.35. The molecule has 2 rings (SSSR count). The van der Waals surface area contributed by atoms with Gasteiger partial charge in [-0.15, -0.1) is 0 Å². The van der Waals surface area contributed by atoms with E-state index >= 15 is 0 Å². The molecule has 7 heteroatoms. The maximum absolute atomic E-state index is 11.6. The summed E-state index contributed by atoms with van der Waals surface area (Å²) >= 11 is 14.1. The van der Waals surface area contributed by atoms with Gasteiger partial charge in [0.05, 0.1) is 23.4 Å². The first-order chi connectivity index (χ1) is 11.0. The topological polar surface area (TPSA) is 44.8 Å². The van der Waals surface area contributed by atoms with E-state index in [0.717, 1.165) is 9.13 Å². The maximum atomic E-state index is 11.6. The van der Waals surface area contributed by atoms with E-state index in [-0.39, 0.29) is 6.61 Å². The Morgan fingerprint density at radius 2 is 1.91 bits per heavy atom. The molecule has 0 aromatic heterocycles. The Balaban J connectivity index is 2.27. The number of carbonyl (C=O) groups is 1. The van der Waals surface area contributed by atoms with Crippen LogP contribution in [0, 0.1) is 3.57 Å². The molecule has 0 bridgehead atoms. The molecule has 0 atom stereocenters. The first-order valence-electron chi connectivity index (χ1n) is 6.48. The minimum Gasteiger partial charge on any atom is -0.493 e. The van der Waals surface area contributed by atoms with Gasteiger partial charge in [0.25, 0.3) is 0 Å². The van der Waals surface area contributed by atoms with Crippen molar-refractivity contribution in [3.63, 3.8) is 0 Å². The molecule has 2 aromatic rings. The van der Waals surface area contributed by atoms with Crippen LogP contribution in [-0.2, 0) is 11.3 Å². The molecule has 0 aliphatic carbocycles. The zero-order valence-electron chi connectivity index (χ0n) is 12.4. The Bertz CT molecular complexity index is 734. The van der Waals surface area contributed by atoms with Crippen molar-refractivity contribution >= 4 is 51.8 Å². The Kier molecular flexibility index (Phi) is 6.38. The molecule has 2 aromatic carbocycles. The number of ether oxygens (including phenoxy) is 3. The molecule has 0 N–H and O–H groups in total. The molecule has 0 heterocycles. The molecule has 4 nitrogen and oxygen atoms in total. The summed E-state index contributed by atoms with van der Waals surface area (Å²) in [6, 6.07) is 8.45. The molecule has 0 amide bonds. The lowest BCUT2D eigenvalue weighted by Gasteiger charge is -2.14. The number of esters is 1. The summed E-state index contributed by atoms with van der Waals surface area (Å²) in [5.74, 6) is 0.544. The minimum atomic E-state index is -0.437. The van der Waals surface area contributed by atoms with Crippen molar-refractivity contribution in [1.29, 1.82) is 0 Å². The van der Waals surface area contributed by atoms with Crippen LogP contribution in [0.5, 0.6) is 11.5 Å². The van der Waals surface area contributed by atoms with Crippen molar-refractivity contribution in [1.82, 2.24) is 0 Å². The van der Waals surface area contributed by atoms with Gasteiger partial charge in [-0.05, 0) is 46.9 Å². The van der Waals surface area contributed by atoms with Gasteiger partial charge in [-0.25, -0.2) is 4.79 Å². The Morgan fingerprint density at radius 3 is 2.52 bits per heavy atom. The van der Waals surface area contributed by atoms with E-state index in [0.29, 0.717) is 27.1 Å². The summed E-state index contributed by atoms with van der Waals surface area (Å²) in [6.07, 6.45) is 0. The number of hydrogen-bond donors (Lipinski definition) is 0. The third kappa shape index (κ3) is 4.43. The Morgan fingerprint density at radius 1 is 1.17 bits per heavy atom. The normalized spacial score (nSPS) is 10.3. The average Bonchev–Trinajstić information content (AvgIpc) is 2.53. The number of hydrogen-bond acceptors (Lipinski definition) is 4. The van der Waals surface area contributed by atoms with Crippen LogP contribution >= 0.6 is 45.8 Å². The van der Waals surface area contributed by atoms with Crippen molar-refractivity contribution < 1.29 is 19.0 Å². The number of methoxy groups -OCH3 is 2. The first kappa shape index (κ1) is 18.2. The van der Waals surface area contributed by atoms with Gasteiger partial charge in [-0.1, -0.05) is 29.3 Å². The lowest BCUT2D eigenvalue weighted by atomic mass is 10.2. The van der Waals surface area contributed by atoms with Crippen LogP contribution in [0.3, 0.4) is 0 Å². The molecule has 0 saturated heterocycles. The van der Waals surface area contributed by atoms with E-state index in [4.69, 9.17) is 37.4 Å². The van der Waals surface area contributed by atoms with E-state index in [1.54, 1.807) is 30.3 Å². The highest BCUT2D eigenvalue weighted by atomic mass is 127. The third-order valence-corrected chi connectivity index (χ3v) is 4.43. The van der Waals surface area contributed by atoms with Crippen molar-refractivity contribution in [2.75, 3.05) is 14.2 Å². The van der Waals surface area contributed by atoms with Gasteiger partial charge >= 0.3 is 5.97 Å². The number of halogens is 3. The summed E-state index contributed by atoms with van der Waals surface area (Å²) in [5.41, 5.74) is 1.19. The molecule has 0 radical (unpaired) electrons. The van der Waals surface area contributed by atoms with Crippen LogP contribution in [0.1, 0.15) is 15.9 Å². The molecular formula is C16H13Cl2IO4. The quantitative estimate of drug-likeness (QED) is 0.461. The van der Waals surface area contributed by atoms with Crippen molar-refractivity contribution in [2.24, 2.45) is 0 Å². The second-order valence-electron chi connectivity index (χ2n) is 4.51. The van der Waals surface area contributed by atoms with Gasteiger partial charge in [-0.2, -0.15) is 0 Å². The third-order valence-electron chi connectivity index (χ3n) is 3.04. The fraction of sp³-hybridized carbons (Fsp3) is 0.188. The Hall–Kier alpha value is -1.18. The van der Waals surface area contributed by atoms with Gasteiger partial charge in [-0.3, -0.25) is 0 Å². The van der Waals surface area contributed by atoms with Gasteiger partial charge in [0, 0.05) is 15.6 Å². The predicted molar refractivity (Wildman–Crippen MR) is 97.8 cm³/mol. The van der Waals surface area contributed by atoms with Gasteiger partial charge in [0.15, 0.2) is 11.5 Å². The minimum absolute atomic E-state index is 0.250. The van der Waals surface area contributed by atoms with Crippen molar-refractivity contribution in [2.45, 2.75) is 6.61 Å². The van der Waals surface area contributed by atoms with E-state index in [2.05, 4.69) is 22.6 Å². The SMILES string of the molecule is COC(=O)c1cc(I)c(OCc2ccc(Cl)cc2Cl)c(OC)c1. The zero-order chi connectivity index (χ0) is 17.0. The number of benzene rings is 2. The largest absolute Gasteiger partial charge is 0.493 e. The smallest absolute Gasteiger partial charge is 0.338 e. The summed E-state index contributed by atoms with van der Waals surface area (Å²) in [5, 5.41) is 1.09. The number of rotatable bonds is 5. The highest BCUT2D eigenvalue weighted by Gasteiger charge is 2.16. The lowest BCUT2D eigenvalue weighted by molar-refractivity contribution is 0.0600. The lowest BCUT2D eigenvalue weighted by Crippen LogP contribution is -2.05. The van der Waals surface area contributed by atoms with Crippen molar-refractivity contribution in [3.05, 3.63) is 55.1 Å². The molecular weight excluding hydrogens is 454 g/mol. The molecule has 0 aliphatic heterocycles. The van der Waals surface area contributed by atoms with Crippen molar-refractivity contribution in [3.8, 4) is 11.5 Å². The Labute approximate surface area is 157 Å². The molecule has 122 valence electrons. The fourth-order valence-electron chi connectivity index (χ4n) is 1.88. The van der Waals surface area contributed by atoms with Crippen LogP contribution in [-0.4, -0.2) is 20.2 Å². The van der Waals surface area contributed by atoms with E-state index < -0.39 is 5.97 Å². The monoisotopic (exact) mass is 466 g/mol. The highest BCUT2D eigenvalue weighted by molar-refractivity contribution is 14.1. The molecule has 0 fully saturated rings. The second kappa shape index (κ2) is 8.08. The maximum Gasteiger partial charge on any atom is 0.338 e. The zero-order valence-corrected chi connectivity index (χ0v) is 16.0. The van der Waals surface area contributed by atoms with Crippen LogP contribution in [0.2, 0.25) is 10.0 Å². The van der Waals surface area contributed by atoms with E-state index in [9.17, 15) is 4.79 Å². The summed E-state index contributed by atoms with van der Waals surface area (Å²) in [6.45, 7) is 0.250. The second-order valence-corrected chi connectivity index (χ2v) is 6.51. The number of carbonyl (C=O) groups excluding carboxylic acids is 1. The molecule has 0 aliphatic rings. The molecule has 0 unspecified atom stereocenters. The summed E-state index contributed by atoms with van der Waals surface area (Å²) in [4.78, 5) is 11.6. The van der Waals surface area contributed by atoms with Crippen LogP contribution < -0.4 is 9.47 Å². The standard InChI is InChI=1S/C16H13Cl2IO4/c1-21-14-6-10(16(20)22-2)5-13(19)15(14)23-8-9-3-4-11(17)7-12(9)18/h3-7H,8H2,1-2H3. The van der Waals surface area contributed by atoms with Crippen LogP contribution in [0.15, 0.2) is 30.3 Å². The van der Waals surface area contributed by atoms with Crippen LogP contribution in [0.25, 0.3) is 0 Å². The average molecular weight is 467 g/mol. The molecule has 0 saturated carbocycles. The van der Waals surface area contributed by atoms with Gasteiger partial charge in [0.2, 0.25) is 0 Å². The van der Waals surface area contributed by atoms with E-state index in [1.807, 2.05) is 0 Å². The molecule has 23 heavy (non-hydrogen) atoms. The summed E-state index contributed by atoms with van der Waals surface area (Å²) in [7, 11) is 2.84. The first-order valence-corrected chi connectivity index (χ1v) is 8.32. The van der Waals surface area contributed by atoms with Gasteiger partial charge < -0.3 is 14.2 Å². The van der Waals surface area contributed by atoms with Gasteiger partial charge in [0.1, 0.15) is 6.61 Å². The summed E-state index contributed by atoms with van der Waals surface area (Å²) < 4.78 is 16.6. The molecule has 0 spiro atoms.